The maximum atomic E-state index is 13.3. The summed E-state index contributed by atoms with van der Waals surface area (Å²) in [7, 11) is 0. The van der Waals surface area contributed by atoms with Crippen LogP contribution in [-0.4, -0.2) is 36.1 Å². The van der Waals surface area contributed by atoms with E-state index in [4.69, 9.17) is 0 Å². The summed E-state index contributed by atoms with van der Waals surface area (Å²) in [6.45, 7) is 3.52. The van der Waals surface area contributed by atoms with Gasteiger partial charge in [0.1, 0.15) is 0 Å². The molecule has 0 saturated carbocycles. The highest BCUT2D eigenvalue weighted by Gasteiger charge is 2.19. The van der Waals surface area contributed by atoms with Crippen molar-refractivity contribution in [3.8, 4) is 0 Å². The largest absolute Gasteiger partial charge is 0.368 e. The smallest absolute Gasteiger partial charge is 0.214 e. The van der Waals surface area contributed by atoms with Crippen LogP contribution in [0, 0.1) is 5.95 Å². The van der Waals surface area contributed by atoms with Gasteiger partial charge in [0, 0.05) is 61.4 Å². The van der Waals surface area contributed by atoms with Gasteiger partial charge in [-0.15, -0.1) is 0 Å². The summed E-state index contributed by atoms with van der Waals surface area (Å²) >= 11 is 0. The van der Waals surface area contributed by atoms with Crippen LogP contribution in [0.1, 0.15) is 0 Å². The van der Waals surface area contributed by atoms with Crippen molar-refractivity contribution in [2.75, 3.05) is 36.0 Å². The molecule has 0 spiro atoms. The average Bonchev–Trinajstić information content (AvgIpc) is 2.61. The van der Waals surface area contributed by atoms with E-state index in [1.807, 2.05) is 30.5 Å². The summed E-state index contributed by atoms with van der Waals surface area (Å²) in [6, 6.07) is 13.6. The van der Waals surface area contributed by atoms with Gasteiger partial charge in [-0.3, -0.25) is 4.98 Å². The van der Waals surface area contributed by atoms with Gasteiger partial charge >= 0.3 is 0 Å². The lowest BCUT2D eigenvalue weighted by molar-refractivity contribution is 0.580. The Morgan fingerprint density at radius 1 is 0.826 bits per heavy atom. The maximum absolute atomic E-state index is 13.3. The molecule has 1 saturated heterocycles. The molecule has 0 aliphatic carbocycles. The number of halogens is 1. The van der Waals surface area contributed by atoms with E-state index in [9.17, 15) is 4.39 Å². The standard InChI is InChI=1S/C18H17FN4/c19-18-13-14(5-7-21-18)22-9-11-23(12-10-22)17-6-8-20-16-4-2-1-3-15(16)17/h1-8,13H,9-12H2. The Labute approximate surface area is 134 Å². The first-order valence-electron chi connectivity index (χ1n) is 7.76. The Morgan fingerprint density at radius 2 is 1.57 bits per heavy atom. The summed E-state index contributed by atoms with van der Waals surface area (Å²) < 4.78 is 13.3. The van der Waals surface area contributed by atoms with Crippen LogP contribution in [0.25, 0.3) is 10.9 Å². The van der Waals surface area contributed by atoms with Crippen molar-refractivity contribution in [3.05, 3.63) is 60.8 Å². The van der Waals surface area contributed by atoms with Gasteiger partial charge in [0.2, 0.25) is 5.95 Å². The molecule has 0 amide bonds. The zero-order valence-corrected chi connectivity index (χ0v) is 12.7. The molecule has 3 heterocycles. The molecule has 1 aliphatic rings. The number of nitrogens with zero attached hydrogens (tertiary/aromatic N) is 4. The number of hydrogen-bond acceptors (Lipinski definition) is 4. The van der Waals surface area contributed by atoms with Crippen LogP contribution >= 0.6 is 0 Å². The van der Waals surface area contributed by atoms with E-state index in [2.05, 4.69) is 31.9 Å². The van der Waals surface area contributed by atoms with E-state index >= 15 is 0 Å². The number of rotatable bonds is 2. The van der Waals surface area contributed by atoms with Crippen LogP contribution in [0.3, 0.4) is 0 Å². The van der Waals surface area contributed by atoms with Gasteiger partial charge in [-0.1, -0.05) is 18.2 Å². The van der Waals surface area contributed by atoms with Crippen molar-refractivity contribution in [3.63, 3.8) is 0 Å². The second-order valence-electron chi connectivity index (χ2n) is 5.66. The zero-order chi connectivity index (χ0) is 15.6. The lowest BCUT2D eigenvalue weighted by Gasteiger charge is -2.37. The van der Waals surface area contributed by atoms with E-state index in [1.165, 1.54) is 23.3 Å². The minimum atomic E-state index is -0.426. The Morgan fingerprint density at radius 3 is 2.39 bits per heavy atom. The number of benzene rings is 1. The summed E-state index contributed by atoms with van der Waals surface area (Å²) in [5, 5.41) is 1.18. The lowest BCUT2D eigenvalue weighted by atomic mass is 10.1. The van der Waals surface area contributed by atoms with Gasteiger partial charge in [-0.2, -0.15) is 4.39 Å². The molecule has 116 valence electrons. The first-order valence-corrected chi connectivity index (χ1v) is 7.76. The molecule has 1 aliphatic heterocycles. The lowest BCUT2D eigenvalue weighted by Crippen LogP contribution is -2.46. The van der Waals surface area contributed by atoms with E-state index < -0.39 is 5.95 Å². The first-order chi connectivity index (χ1) is 11.3. The van der Waals surface area contributed by atoms with Crippen molar-refractivity contribution >= 4 is 22.3 Å². The van der Waals surface area contributed by atoms with Gasteiger partial charge in [0.15, 0.2) is 0 Å². The molecule has 3 aromatic rings. The summed E-state index contributed by atoms with van der Waals surface area (Å²) in [5.74, 6) is -0.426. The first kappa shape index (κ1) is 13.9. The molecule has 2 aromatic heterocycles. The number of para-hydroxylation sites is 1. The molecular weight excluding hydrogens is 291 g/mol. The molecule has 1 fully saturated rings. The van der Waals surface area contributed by atoms with E-state index in [0.29, 0.717) is 0 Å². The van der Waals surface area contributed by atoms with Gasteiger partial charge in [0.25, 0.3) is 0 Å². The summed E-state index contributed by atoms with van der Waals surface area (Å²) in [6.07, 6.45) is 3.38. The monoisotopic (exact) mass is 308 g/mol. The third-order valence-corrected chi connectivity index (χ3v) is 4.32. The van der Waals surface area contributed by atoms with Crippen LogP contribution in [0.2, 0.25) is 0 Å². The maximum Gasteiger partial charge on any atom is 0.214 e. The fraction of sp³-hybridized carbons (Fsp3) is 0.222. The molecule has 23 heavy (non-hydrogen) atoms. The Kier molecular flexibility index (Phi) is 3.54. The third kappa shape index (κ3) is 2.70. The van der Waals surface area contributed by atoms with Gasteiger partial charge < -0.3 is 9.80 Å². The molecule has 0 radical (unpaired) electrons. The molecule has 5 heteroatoms. The number of pyridine rings is 2. The predicted molar refractivity (Wildman–Crippen MR) is 90.4 cm³/mol. The van der Waals surface area contributed by atoms with Gasteiger partial charge in [-0.25, -0.2) is 4.98 Å². The number of fused-ring (bicyclic) bond motifs is 1. The molecule has 0 atom stereocenters. The van der Waals surface area contributed by atoms with E-state index in [1.54, 1.807) is 0 Å². The molecular formula is C18H17FN4. The fourth-order valence-corrected chi connectivity index (χ4v) is 3.15. The summed E-state index contributed by atoms with van der Waals surface area (Å²) in [4.78, 5) is 12.6. The van der Waals surface area contributed by atoms with Gasteiger partial charge in [0.05, 0.1) is 5.52 Å². The van der Waals surface area contributed by atoms with Crippen molar-refractivity contribution in [2.24, 2.45) is 0 Å². The van der Waals surface area contributed by atoms with Crippen molar-refractivity contribution < 1.29 is 4.39 Å². The second-order valence-corrected chi connectivity index (χ2v) is 5.66. The Bertz CT molecular complexity index is 823. The van der Waals surface area contributed by atoms with Crippen molar-refractivity contribution in [1.82, 2.24) is 9.97 Å². The van der Waals surface area contributed by atoms with Crippen LogP contribution in [0.4, 0.5) is 15.8 Å². The van der Waals surface area contributed by atoms with E-state index in [-0.39, 0.29) is 0 Å². The normalized spacial score (nSPS) is 15.2. The molecule has 4 rings (SSSR count). The number of piperazine rings is 1. The van der Waals surface area contributed by atoms with Crippen LogP contribution in [-0.2, 0) is 0 Å². The van der Waals surface area contributed by atoms with Crippen LogP contribution in [0.5, 0.6) is 0 Å². The molecule has 0 unspecified atom stereocenters. The molecule has 1 aromatic carbocycles. The number of aromatic nitrogens is 2. The quantitative estimate of drug-likeness (QED) is 0.681. The predicted octanol–water partition coefficient (Wildman–Crippen LogP) is 3.10. The molecule has 0 bridgehead atoms. The fourth-order valence-electron chi connectivity index (χ4n) is 3.15. The minimum absolute atomic E-state index is 0.426. The van der Waals surface area contributed by atoms with Crippen LogP contribution in [0.15, 0.2) is 54.9 Å². The molecule has 0 N–H and O–H groups in total. The van der Waals surface area contributed by atoms with Crippen molar-refractivity contribution in [1.29, 1.82) is 0 Å². The highest BCUT2D eigenvalue weighted by molar-refractivity contribution is 5.91. The average molecular weight is 308 g/mol. The summed E-state index contributed by atoms with van der Waals surface area (Å²) in [5.41, 5.74) is 3.14. The third-order valence-electron chi connectivity index (χ3n) is 4.32. The topological polar surface area (TPSA) is 32.3 Å². The SMILES string of the molecule is Fc1cc(N2CCN(c3ccnc4ccccc34)CC2)ccn1. The highest BCUT2D eigenvalue weighted by Crippen LogP contribution is 2.27. The minimum Gasteiger partial charge on any atom is -0.368 e. The van der Waals surface area contributed by atoms with Crippen molar-refractivity contribution in [2.45, 2.75) is 0 Å². The zero-order valence-electron chi connectivity index (χ0n) is 12.7. The molecule has 4 nitrogen and oxygen atoms in total. The van der Waals surface area contributed by atoms with E-state index in [0.717, 1.165) is 37.4 Å². The van der Waals surface area contributed by atoms with Crippen LogP contribution < -0.4 is 9.80 Å². The number of hydrogen-bond donors (Lipinski definition) is 0. The Balaban J connectivity index is 1.55. The highest BCUT2D eigenvalue weighted by atomic mass is 19.1. The second kappa shape index (κ2) is 5.83. The Hall–Kier alpha value is -2.69. The number of anilines is 2. The van der Waals surface area contributed by atoms with Gasteiger partial charge in [-0.05, 0) is 18.2 Å².